The predicted octanol–water partition coefficient (Wildman–Crippen LogP) is 2.48. The molecule has 1 atom stereocenters. The highest BCUT2D eigenvalue weighted by molar-refractivity contribution is 5.95. The molecule has 0 aliphatic heterocycles. The fraction of sp³-hybridized carbons (Fsp3) is 0.571. The number of nitrogens with one attached hydrogen (secondary N) is 2. The topological polar surface area (TPSA) is 94.0 Å². The Kier molecular flexibility index (Phi) is 8.01. The summed E-state index contributed by atoms with van der Waals surface area (Å²) in [6.45, 7) is 6.91. The zero-order valence-electron chi connectivity index (χ0n) is 18.0. The lowest BCUT2D eigenvalue weighted by Gasteiger charge is -2.34. The summed E-state index contributed by atoms with van der Waals surface area (Å²) in [5.41, 5.74) is 0.945. The molecule has 0 radical (unpaired) electrons. The lowest BCUT2D eigenvalue weighted by Crippen LogP contribution is -2.51. The molecule has 0 saturated heterocycles. The van der Waals surface area contributed by atoms with Crippen LogP contribution in [-0.4, -0.2) is 54.1 Å². The van der Waals surface area contributed by atoms with E-state index in [-0.39, 0.29) is 18.3 Å². The molecule has 0 bridgehead atoms. The third-order valence-corrected chi connectivity index (χ3v) is 4.97. The summed E-state index contributed by atoms with van der Waals surface area (Å²) in [6, 6.07) is 3.66. The molecule has 0 aliphatic carbocycles. The van der Waals surface area contributed by atoms with Crippen molar-refractivity contribution in [1.29, 1.82) is 0 Å². The molecule has 1 amide bonds. The average Bonchev–Trinajstić information content (AvgIpc) is 3.03. The van der Waals surface area contributed by atoms with Crippen LogP contribution in [0.3, 0.4) is 0 Å². The SMILES string of the molecule is CCCC(CCNC)(CC(=O)OC)NC(=O)c1c(C)nc2c(OCC)cccn12. The van der Waals surface area contributed by atoms with Crippen LogP contribution in [0, 0.1) is 6.92 Å². The highest BCUT2D eigenvalue weighted by atomic mass is 16.5. The molecule has 0 fully saturated rings. The normalized spacial score (nSPS) is 13.1. The molecule has 2 rings (SSSR count). The van der Waals surface area contributed by atoms with Crippen LogP contribution in [0.2, 0.25) is 0 Å². The third-order valence-electron chi connectivity index (χ3n) is 4.97. The molecule has 160 valence electrons. The number of hydrogen-bond donors (Lipinski definition) is 2. The number of pyridine rings is 1. The molecule has 0 aliphatic rings. The first-order chi connectivity index (χ1) is 13.9. The maximum Gasteiger partial charge on any atom is 0.307 e. The van der Waals surface area contributed by atoms with Crippen molar-refractivity contribution >= 4 is 17.5 Å². The van der Waals surface area contributed by atoms with Crippen LogP contribution in [0.25, 0.3) is 5.65 Å². The summed E-state index contributed by atoms with van der Waals surface area (Å²) < 4.78 is 12.3. The van der Waals surface area contributed by atoms with Crippen LogP contribution in [0.4, 0.5) is 0 Å². The Morgan fingerprint density at radius 1 is 1.28 bits per heavy atom. The summed E-state index contributed by atoms with van der Waals surface area (Å²) >= 11 is 0. The molecule has 2 N–H and O–H groups in total. The highest BCUT2D eigenvalue weighted by Crippen LogP contribution is 2.26. The Labute approximate surface area is 172 Å². The van der Waals surface area contributed by atoms with E-state index in [1.807, 2.05) is 33.0 Å². The lowest BCUT2D eigenvalue weighted by molar-refractivity contribution is -0.142. The monoisotopic (exact) mass is 404 g/mol. The Balaban J connectivity index is 2.43. The quantitative estimate of drug-likeness (QED) is 0.559. The Bertz CT molecular complexity index is 849. The number of fused-ring (bicyclic) bond motifs is 1. The van der Waals surface area contributed by atoms with Crippen LogP contribution in [0.1, 0.15) is 55.7 Å². The fourth-order valence-corrected chi connectivity index (χ4v) is 3.66. The number of ether oxygens (including phenoxy) is 2. The molecule has 1 unspecified atom stereocenters. The fourth-order valence-electron chi connectivity index (χ4n) is 3.66. The zero-order valence-corrected chi connectivity index (χ0v) is 18.0. The number of methoxy groups -OCH3 is 1. The van der Waals surface area contributed by atoms with Crippen molar-refractivity contribution < 1.29 is 19.1 Å². The van der Waals surface area contributed by atoms with Crippen molar-refractivity contribution in [3.63, 3.8) is 0 Å². The number of carbonyl (C=O) groups is 2. The highest BCUT2D eigenvalue weighted by Gasteiger charge is 2.35. The molecule has 2 aromatic heterocycles. The summed E-state index contributed by atoms with van der Waals surface area (Å²) in [6.07, 6.45) is 4.00. The molecule has 8 nitrogen and oxygen atoms in total. The van der Waals surface area contributed by atoms with Gasteiger partial charge in [-0.2, -0.15) is 0 Å². The first kappa shape index (κ1) is 22.7. The van der Waals surface area contributed by atoms with Gasteiger partial charge in [-0.05, 0) is 52.4 Å². The predicted molar refractivity (Wildman–Crippen MR) is 111 cm³/mol. The minimum atomic E-state index is -0.698. The number of amides is 1. The molecule has 29 heavy (non-hydrogen) atoms. The average molecular weight is 405 g/mol. The minimum Gasteiger partial charge on any atom is -0.490 e. The van der Waals surface area contributed by atoms with E-state index in [2.05, 4.69) is 15.6 Å². The molecule has 2 heterocycles. The van der Waals surface area contributed by atoms with Crippen LogP contribution in [-0.2, 0) is 9.53 Å². The van der Waals surface area contributed by atoms with Crippen LogP contribution >= 0.6 is 0 Å². The van der Waals surface area contributed by atoms with Crippen molar-refractivity contribution in [3.05, 3.63) is 29.7 Å². The number of aromatic nitrogens is 2. The summed E-state index contributed by atoms with van der Waals surface area (Å²) in [4.78, 5) is 30.0. The van der Waals surface area contributed by atoms with Crippen molar-refractivity contribution in [2.24, 2.45) is 0 Å². The standard InChI is InChI=1S/C21H32N4O4/c1-6-10-21(11-12-22-4,14-17(26)28-5)24-20(27)18-15(3)23-19-16(29-7-2)9-8-13-25(18)19/h8-9,13,22H,6-7,10-12,14H2,1-5H3,(H,24,27). The van der Waals surface area contributed by atoms with Gasteiger partial charge in [0, 0.05) is 6.20 Å². The Morgan fingerprint density at radius 3 is 2.66 bits per heavy atom. The van der Waals surface area contributed by atoms with Crippen LogP contribution < -0.4 is 15.4 Å². The van der Waals surface area contributed by atoms with Crippen molar-refractivity contribution in [2.45, 2.75) is 52.0 Å². The van der Waals surface area contributed by atoms with E-state index >= 15 is 0 Å². The van der Waals surface area contributed by atoms with Gasteiger partial charge in [-0.15, -0.1) is 0 Å². The van der Waals surface area contributed by atoms with E-state index in [9.17, 15) is 9.59 Å². The summed E-state index contributed by atoms with van der Waals surface area (Å²) in [5, 5.41) is 6.24. The molecule has 0 spiro atoms. The zero-order chi connectivity index (χ0) is 21.4. The van der Waals surface area contributed by atoms with Gasteiger partial charge in [0.05, 0.1) is 31.4 Å². The maximum atomic E-state index is 13.3. The lowest BCUT2D eigenvalue weighted by atomic mass is 9.86. The van der Waals surface area contributed by atoms with Gasteiger partial charge in [0.25, 0.3) is 5.91 Å². The van der Waals surface area contributed by atoms with E-state index < -0.39 is 5.54 Å². The number of nitrogens with zero attached hydrogens (tertiary/aromatic N) is 2. The van der Waals surface area contributed by atoms with Gasteiger partial charge < -0.3 is 20.1 Å². The van der Waals surface area contributed by atoms with Crippen LogP contribution in [0.15, 0.2) is 18.3 Å². The molecular formula is C21H32N4O4. The van der Waals surface area contributed by atoms with Gasteiger partial charge in [0.1, 0.15) is 5.69 Å². The van der Waals surface area contributed by atoms with Gasteiger partial charge in [-0.25, -0.2) is 4.98 Å². The third kappa shape index (κ3) is 5.26. The Morgan fingerprint density at radius 2 is 2.03 bits per heavy atom. The summed E-state index contributed by atoms with van der Waals surface area (Å²) in [5.74, 6) is 0.0159. The molecule has 8 heteroatoms. The van der Waals surface area contributed by atoms with Gasteiger partial charge in [-0.1, -0.05) is 13.3 Å². The first-order valence-corrected chi connectivity index (χ1v) is 10.1. The van der Waals surface area contributed by atoms with Crippen molar-refractivity contribution in [3.8, 4) is 5.75 Å². The second-order valence-corrected chi connectivity index (χ2v) is 7.14. The number of esters is 1. The largest absolute Gasteiger partial charge is 0.490 e. The van der Waals surface area contributed by atoms with Crippen molar-refractivity contribution in [2.75, 3.05) is 27.3 Å². The van der Waals surface area contributed by atoms with E-state index in [0.717, 1.165) is 6.42 Å². The van der Waals surface area contributed by atoms with Gasteiger partial charge in [-0.3, -0.25) is 14.0 Å². The van der Waals surface area contributed by atoms with E-state index in [0.29, 0.717) is 48.8 Å². The number of carbonyl (C=O) groups excluding carboxylic acids is 2. The van der Waals surface area contributed by atoms with Gasteiger partial charge in [0.2, 0.25) is 0 Å². The first-order valence-electron chi connectivity index (χ1n) is 10.1. The van der Waals surface area contributed by atoms with E-state index in [4.69, 9.17) is 9.47 Å². The number of aryl methyl sites for hydroxylation is 1. The van der Waals surface area contributed by atoms with E-state index in [1.54, 1.807) is 17.5 Å². The smallest absolute Gasteiger partial charge is 0.307 e. The molecule has 0 saturated carbocycles. The van der Waals surface area contributed by atoms with E-state index in [1.165, 1.54) is 7.11 Å². The maximum absolute atomic E-state index is 13.3. The molecular weight excluding hydrogens is 372 g/mol. The second kappa shape index (κ2) is 10.2. The Hall–Kier alpha value is -2.61. The number of imidazole rings is 1. The summed E-state index contributed by atoms with van der Waals surface area (Å²) in [7, 11) is 3.21. The van der Waals surface area contributed by atoms with Crippen molar-refractivity contribution in [1.82, 2.24) is 20.0 Å². The van der Waals surface area contributed by atoms with Gasteiger partial charge >= 0.3 is 5.97 Å². The molecule has 2 aromatic rings. The number of hydrogen-bond acceptors (Lipinski definition) is 6. The van der Waals surface area contributed by atoms with Crippen LogP contribution in [0.5, 0.6) is 5.75 Å². The van der Waals surface area contributed by atoms with Gasteiger partial charge in [0.15, 0.2) is 11.4 Å². The minimum absolute atomic E-state index is 0.116. The number of rotatable bonds is 11. The molecule has 0 aromatic carbocycles. The second-order valence-electron chi connectivity index (χ2n) is 7.14.